The van der Waals surface area contributed by atoms with Crippen LogP contribution in [0.2, 0.25) is 5.02 Å². The van der Waals surface area contributed by atoms with Crippen LogP contribution in [0.1, 0.15) is 30.1 Å². The molecule has 0 aliphatic carbocycles. The van der Waals surface area contributed by atoms with Gasteiger partial charge in [0.05, 0.1) is 29.3 Å². The SMILES string of the molecule is C[C@H](C(=O)Nc1ccccc1C(=O)NC[C@@H]1CCCO1)N(c1ccc(Cl)cc1)S(C)(=O)=O. The first-order valence-electron chi connectivity index (χ1n) is 10.2. The van der Waals surface area contributed by atoms with E-state index in [1.807, 2.05) is 0 Å². The maximum atomic E-state index is 13.0. The maximum absolute atomic E-state index is 13.0. The zero-order valence-corrected chi connectivity index (χ0v) is 19.4. The first-order valence-corrected chi connectivity index (χ1v) is 12.4. The highest BCUT2D eigenvalue weighted by Crippen LogP contribution is 2.24. The van der Waals surface area contributed by atoms with E-state index in [1.165, 1.54) is 19.1 Å². The highest BCUT2D eigenvalue weighted by Gasteiger charge is 2.30. The summed E-state index contributed by atoms with van der Waals surface area (Å²) in [5, 5.41) is 5.96. The predicted octanol–water partition coefficient (Wildman–Crippen LogP) is 3.04. The number of carbonyl (C=O) groups excluding carboxylic acids is 2. The molecule has 2 aromatic rings. The van der Waals surface area contributed by atoms with Gasteiger partial charge in [-0.2, -0.15) is 0 Å². The Hall–Kier alpha value is -2.62. The lowest BCUT2D eigenvalue weighted by Crippen LogP contribution is -2.45. The highest BCUT2D eigenvalue weighted by molar-refractivity contribution is 7.92. The highest BCUT2D eigenvalue weighted by atomic mass is 35.5. The molecular formula is C22H26ClN3O5S. The van der Waals surface area contributed by atoms with E-state index in [1.54, 1.807) is 36.4 Å². The second-order valence-electron chi connectivity index (χ2n) is 7.59. The Morgan fingerprint density at radius 2 is 1.88 bits per heavy atom. The largest absolute Gasteiger partial charge is 0.376 e. The molecule has 0 saturated carbocycles. The zero-order valence-electron chi connectivity index (χ0n) is 17.9. The summed E-state index contributed by atoms with van der Waals surface area (Å²) in [4.78, 5) is 25.7. The lowest BCUT2D eigenvalue weighted by atomic mass is 10.1. The van der Waals surface area contributed by atoms with Crippen LogP contribution in [0.5, 0.6) is 0 Å². The van der Waals surface area contributed by atoms with Gasteiger partial charge in [0.2, 0.25) is 15.9 Å². The third-order valence-electron chi connectivity index (χ3n) is 5.11. The van der Waals surface area contributed by atoms with E-state index in [4.69, 9.17) is 16.3 Å². The Bertz CT molecular complexity index is 1070. The summed E-state index contributed by atoms with van der Waals surface area (Å²) < 4.78 is 31.4. The lowest BCUT2D eigenvalue weighted by molar-refractivity contribution is -0.116. The minimum absolute atomic E-state index is 0.0107. The predicted molar refractivity (Wildman–Crippen MR) is 125 cm³/mol. The number of amides is 2. The maximum Gasteiger partial charge on any atom is 0.253 e. The molecule has 10 heteroatoms. The van der Waals surface area contributed by atoms with E-state index in [-0.39, 0.29) is 17.6 Å². The Kier molecular flexibility index (Phi) is 7.76. The summed E-state index contributed by atoms with van der Waals surface area (Å²) >= 11 is 5.90. The van der Waals surface area contributed by atoms with Crippen molar-refractivity contribution < 1.29 is 22.7 Å². The summed E-state index contributed by atoms with van der Waals surface area (Å²) in [6, 6.07) is 11.6. The van der Waals surface area contributed by atoms with E-state index in [9.17, 15) is 18.0 Å². The molecule has 2 amide bonds. The average Bonchev–Trinajstić information content (AvgIpc) is 3.26. The number of benzene rings is 2. The quantitative estimate of drug-likeness (QED) is 0.605. The molecule has 2 N–H and O–H groups in total. The smallest absolute Gasteiger partial charge is 0.253 e. The number of ether oxygens (including phenoxy) is 1. The third-order valence-corrected chi connectivity index (χ3v) is 6.61. The van der Waals surface area contributed by atoms with Crippen molar-refractivity contribution in [2.45, 2.75) is 31.9 Å². The number of para-hydroxylation sites is 1. The van der Waals surface area contributed by atoms with Crippen LogP contribution < -0.4 is 14.9 Å². The van der Waals surface area contributed by atoms with Crippen LogP contribution in [0.3, 0.4) is 0 Å². The Morgan fingerprint density at radius 1 is 1.19 bits per heavy atom. The Morgan fingerprint density at radius 3 is 2.50 bits per heavy atom. The molecule has 0 aromatic heterocycles. The minimum atomic E-state index is -3.78. The number of halogens is 1. The number of nitrogens with zero attached hydrogens (tertiary/aromatic N) is 1. The van der Waals surface area contributed by atoms with Crippen molar-refractivity contribution in [3.63, 3.8) is 0 Å². The normalized spacial score (nSPS) is 16.9. The van der Waals surface area contributed by atoms with Crippen LogP contribution in [0.25, 0.3) is 0 Å². The molecule has 0 bridgehead atoms. The zero-order chi connectivity index (χ0) is 23.3. The number of carbonyl (C=O) groups is 2. The van der Waals surface area contributed by atoms with Crippen LogP contribution in [-0.4, -0.2) is 51.8 Å². The average molecular weight is 480 g/mol. The molecule has 0 spiro atoms. The molecule has 0 unspecified atom stereocenters. The molecule has 32 heavy (non-hydrogen) atoms. The molecule has 172 valence electrons. The molecule has 8 nitrogen and oxygen atoms in total. The van der Waals surface area contributed by atoms with Crippen molar-refractivity contribution in [3.8, 4) is 0 Å². The first-order chi connectivity index (χ1) is 15.2. The Balaban J connectivity index is 1.76. The molecule has 1 saturated heterocycles. The minimum Gasteiger partial charge on any atom is -0.376 e. The van der Waals surface area contributed by atoms with E-state index in [0.29, 0.717) is 29.5 Å². The third kappa shape index (κ3) is 5.99. The summed E-state index contributed by atoms with van der Waals surface area (Å²) in [6.07, 6.45) is 2.87. The number of hydrogen-bond donors (Lipinski definition) is 2. The monoisotopic (exact) mass is 479 g/mol. The van der Waals surface area contributed by atoms with Gasteiger partial charge < -0.3 is 15.4 Å². The van der Waals surface area contributed by atoms with Crippen LogP contribution in [-0.2, 0) is 19.6 Å². The van der Waals surface area contributed by atoms with Crippen molar-refractivity contribution >= 4 is 44.8 Å². The molecule has 2 aromatic carbocycles. The fraction of sp³-hybridized carbons (Fsp3) is 0.364. The van der Waals surface area contributed by atoms with Crippen LogP contribution >= 0.6 is 11.6 Å². The molecule has 3 rings (SSSR count). The number of hydrogen-bond acceptors (Lipinski definition) is 5. The summed E-state index contributed by atoms with van der Waals surface area (Å²) in [6.45, 7) is 2.55. The summed E-state index contributed by atoms with van der Waals surface area (Å²) in [5.74, 6) is -0.925. The van der Waals surface area contributed by atoms with Crippen molar-refractivity contribution in [3.05, 3.63) is 59.1 Å². The fourth-order valence-electron chi connectivity index (χ4n) is 3.53. The van der Waals surface area contributed by atoms with Crippen molar-refractivity contribution in [1.82, 2.24) is 5.32 Å². The van der Waals surface area contributed by atoms with Crippen molar-refractivity contribution in [1.29, 1.82) is 0 Å². The first kappa shape index (κ1) is 24.0. The van der Waals surface area contributed by atoms with Crippen LogP contribution in [0.15, 0.2) is 48.5 Å². The number of rotatable bonds is 8. The van der Waals surface area contributed by atoms with Crippen molar-refractivity contribution in [2.75, 3.05) is 29.0 Å². The standard InChI is InChI=1S/C22H26ClN3O5S/c1-15(26(32(2,29)30)17-11-9-16(23)10-12-17)21(27)25-20-8-4-3-7-19(20)22(28)24-14-18-6-5-13-31-18/h3-4,7-12,15,18H,5-6,13-14H2,1-2H3,(H,24,28)(H,25,27)/t15-,18+/m1/s1. The van der Waals surface area contributed by atoms with E-state index in [2.05, 4.69) is 10.6 Å². The molecule has 1 fully saturated rings. The molecule has 2 atom stereocenters. The van der Waals surface area contributed by atoms with E-state index in [0.717, 1.165) is 23.4 Å². The topological polar surface area (TPSA) is 105 Å². The van der Waals surface area contributed by atoms with Crippen LogP contribution in [0.4, 0.5) is 11.4 Å². The van der Waals surface area contributed by atoms with Gasteiger partial charge in [-0.25, -0.2) is 8.42 Å². The molecule has 1 aliphatic heterocycles. The summed E-state index contributed by atoms with van der Waals surface area (Å²) in [7, 11) is -3.78. The molecule has 0 radical (unpaired) electrons. The van der Waals surface area contributed by atoms with Gasteiger partial charge in [-0.3, -0.25) is 13.9 Å². The summed E-state index contributed by atoms with van der Waals surface area (Å²) in [5.41, 5.74) is 0.879. The lowest BCUT2D eigenvalue weighted by Gasteiger charge is -2.28. The van der Waals surface area contributed by atoms with Gasteiger partial charge in [0.1, 0.15) is 6.04 Å². The van der Waals surface area contributed by atoms with E-state index >= 15 is 0 Å². The molecule has 1 aliphatic rings. The van der Waals surface area contributed by atoms with Gasteiger partial charge in [0.15, 0.2) is 0 Å². The van der Waals surface area contributed by atoms with Gasteiger partial charge >= 0.3 is 0 Å². The van der Waals surface area contributed by atoms with Gasteiger partial charge in [-0.1, -0.05) is 23.7 Å². The number of anilines is 2. The van der Waals surface area contributed by atoms with Crippen LogP contribution in [0, 0.1) is 0 Å². The second-order valence-corrected chi connectivity index (χ2v) is 9.89. The van der Waals surface area contributed by atoms with E-state index < -0.39 is 22.0 Å². The molecular weight excluding hydrogens is 454 g/mol. The van der Waals surface area contributed by atoms with Crippen molar-refractivity contribution in [2.24, 2.45) is 0 Å². The molecule has 1 heterocycles. The van der Waals surface area contributed by atoms with Gasteiger partial charge in [0.25, 0.3) is 5.91 Å². The Labute approximate surface area is 192 Å². The fourth-order valence-corrected chi connectivity index (χ4v) is 4.83. The van der Waals surface area contributed by atoms with Gasteiger partial charge in [0, 0.05) is 18.2 Å². The number of sulfonamides is 1. The number of nitrogens with one attached hydrogen (secondary N) is 2. The van der Waals surface area contributed by atoms with Gasteiger partial charge in [-0.15, -0.1) is 0 Å². The second kappa shape index (κ2) is 10.3. The van der Waals surface area contributed by atoms with Gasteiger partial charge in [-0.05, 0) is 56.2 Å².